The summed E-state index contributed by atoms with van der Waals surface area (Å²) in [7, 11) is 1.64. The van der Waals surface area contributed by atoms with Crippen LogP contribution in [-0.4, -0.2) is 24.1 Å². The normalized spacial score (nSPS) is 10.3. The Balaban J connectivity index is 1.81. The summed E-state index contributed by atoms with van der Waals surface area (Å²) in [4.78, 5) is 23.7. The summed E-state index contributed by atoms with van der Waals surface area (Å²) in [6, 6.07) is 12.8. The Hall–Kier alpha value is -2.56. The van der Waals surface area contributed by atoms with Gasteiger partial charge in [-0.05, 0) is 31.0 Å². The topological polar surface area (TPSA) is 60.3 Å². The minimum atomic E-state index is -0.0770. The number of nitrogens with one attached hydrogen (secondary N) is 1. The van der Waals surface area contributed by atoms with Crippen molar-refractivity contribution >= 4 is 5.91 Å². The van der Waals surface area contributed by atoms with Crippen LogP contribution in [0.15, 0.2) is 47.3 Å². The highest BCUT2D eigenvalue weighted by Crippen LogP contribution is 2.17. The summed E-state index contributed by atoms with van der Waals surface area (Å²) < 4.78 is 6.89. The van der Waals surface area contributed by atoms with E-state index in [4.69, 9.17) is 4.74 Å². The minimum Gasteiger partial charge on any atom is -0.496 e. The number of aromatic nitrogens is 1. The van der Waals surface area contributed by atoms with Gasteiger partial charge in [0.25, 0.3) is 5.56 Å². The number of carbonyl (C=O) groups is 1. The van der Waals surface area contributed by atoms with E-state index in [9.17, 15) is 9.59 Å². The molecule has 1 aromatic heterocycles. The van der Waals surface area contributed by atoms with Crippen LogP contribution in [0.1, 0.15) is 17.7 Å². The third-order valence-electron chi connectivity index (χ3n) is 3.74. The van der Waals surface area contributed by atoms with Crippen LogP contribution in [0.25, 0.3) is 0 Å². The fourth-order valence-corrected chi connectivity index (χ4v) is 2.46. The SMILES string of the molecule is COc1ccccc1CCNC(=O)CCn1c(C)cccc1=O. The number of para-hydroxylation sites is 1. The minimum absolute atomic E-state index is 0.0601. The lowest BCUT2D eigenvalue weighted by Crippen LogP contribution is -2.29. The van der Waals surface area contributed by atoms with Crippen LogP contribution < -0.4 is 15.6 Å². The van der Waals surface area contributed by atoms with Crippen molar-refractivity contribution in [2.24, 2.45) is 0 Å². The van der Waals surface area contributed by atoms with Crippen LogP contribution in [0.4, 0.5) is 0 Å². The smallest absolute Gasteiger partial charge is 0.250 e. The highest BCUT2D eigenvalue weighted by Gasteiger charge is 2.06. The number of rotatable bonds is 7. The molecule has 0 atom stereocenters. The molecule has 0 bridgehead atoms. The summed E-state index contributed by atoms with van der Waals surface area (Å²) in [5.74, 6) is 0.767. The first-order chi connectivity index (χ1) is 11.1. The van der Waals surface area contributed by atoms with Gasteiger partial charge in [0.1, 0.15) is 5.75 Å². The van der Waals surface area contributed by atoms with E-state index in [0.29, 0.717) is 19.5 Å². The fourth-order valence-electron chi connectivity index (χ4n) is 2.46. The van der Waals surface area contributed by atoms with Gasteiger partial charge in [0.05, 0.1) is 7.11 Å². The molecule has 122 valence electrons. The number of hydrogen-bond donors (Lipinski definition) is 1. The predicted molar refractivity (Wildman–Crippen MR) is 89.8 cm³/mol. The number of ether oxygens (including phenoxy) is 1. The van der Waals surface area contributed by atoms with Gasteiger partial charge in [-0.15, -0.1) is 0 Å². The number of carbonyl (C=O) groups excluding carboxylic acids is 1. The number of nitrogens with zero attached hydrogens (tertiary/aromatic N) is 1. The van der Waals surface area contributed by atoms with E-state index >= 15 is 0 Å². The Kier molecular flexibility index (Phi) is 5.97. The summed E-state index contributed by atoms with van der Waals surface area (Å²) >= 11 is 0. The van der Waals surface area contributed by atoms with E-state index < -0.39 is 0 Å². The molecule has 2 aromatic rings. The Bertz CT molecular complexity index is 722. The average Bonchev–Trinajstić information content (AvgIpc) is 2.55. The quantitative estimate of drug-likeness (QED) is 0.849. The number of aryl methyl sites for hydroxylation is 1. The summed E-state index contributed by atoms with van der Waals surface area (Å²) in [5.41, 5.74) is 1.84. The van der Waals surface area contributed by atoms with Gasteiger partial charge in [-0.3, -0.25) is 9.59 Å². The molecule has 5 nitrogen and oxygen atoms in total. The fraction of sp³-hybridized carbons (Fsp3) is 0.333. The van der Waals surface area contributed by atoms with Crippen molar-refractivity contribution in [3.05, 3.63) is 64.1 Å². The van der Waals surface area contributed by atoms with Crippen molar-refractivity contribution in [2.45, 2.75) is 26.3 Å². The van der Waals surface area contributed by atoms with Gasteiger partial charge in [0, 0.05) is 31.3 Å². The molecule has 0 radical (unpaired) electrons. The second-order valence-corrected chi connectivity index (χ2v) is 5.32. The first-order valence-electron chi connectivity index (χ1n) is 7.67. The molecule has 1 N–H and O–H groups in total. The third-order valence-corrected chi connectivity index (χ3v) is 3.74. The molecule has 1 aromatic carbocycles. The maximum Gasteiger partial charge on any atom is 0.250 e. The maximum absolute atomic E-state index is 11.9. The summed E-state index contributed by atoms with van der Waals surface area (Å²) in [6.07, 6.45) is 0.997. The van der Waals surface area contributed by atoms with Crippen molar-refractivity contribution in [1.29, 1.82) is 0 Å². The van der Waals surface area contributed by atoms with Crippen LogP contribution in [-0.2, 0) is 17.8 Å². The standard InChI is InChI=1S/C18H22N2O3/c1-14-6-5-9-18(22)20(14)13-11-17(21)19-12-10-15-7-3-4-8-16(15)23-2/h3-9H,10-13H2,1-2H3,(H,19,21). The van der Waals surface area contributed by atoms with E-state index in [-0.39, 0.29) is 17.9 Å². The molecule has 0 spiro atoms. The molecule has 0 aliphatic rings. The van der Waals surface area contributed by atoms with E-state index in [1.54, 1.807) is 17.7 Å². The van der Waals surface area contributed by atoms with Crippen LogP contribution in [0.3, 0.4) is 0 Å². The second kappa shape index (κ2) is 8.17. The van der Waals surface area contributed by atoms with Crippen molar-refractivity contribution < 1.29 is 9.53 Å². The molecule has 0 saturated heterocycles. The highest BCUT2D eigenvalue weighted by atomic mass is 16.5. The van der Waals surface area contributed by atoms with Gasteiger partial charge < -0.3 is 14.6 Å². The third kappa shape index (κ3) is 4.71. The molecule has 0 aliphatic heterocycles. The van der Waals surface area contributed by atoms with E-state index in [0.717, 1.165) is 17.0 Å². The van der Waals surface area contributed by atoms with Crippen molar-refractivity contribution in [3.63, 3.8) is 0 Å². The Morgan fingerprint density at radius 3 is 2.70 bits per heavy atom. The number of pyridine rings is 1. The van der Waals surface area contributed by atoms with Gasteiger partial charge >= 0.3 is 0 Å². The first-order valence-corrected chi connectivity index (χ1v) is 7.67. The largest absolute Gasteiger partial charge is 0.496 e. The van der Waals surface area contributed by atoms with E-state index in [1.807, 2.05) is 37.3 Å². The number of hydrogen-bond acceptors (Lipinski definition) is 3. The Morgan fingerprint density at radius 1 is 1.17 bits per heavy atom. The molecule has 5 heteroatoms. The van der Waals surface area contributed by atoms with Crippen molar-refractivity contribution in [2.75, 3.05) is 13.7 Å². The lowest BCUT2D eigenvalue weighted by atomic mass is 10.1. The van der Waals surface area contributed by atoms with Gasteiger partial charge in [-0.2, -0.15) is 0 Å². The maximum atomic E-state index is 11.9. The molecule has 1 amide bonds. The summed E-state index contributed by atoms with van der Waals surface area (Å²) in [6.45, 7) is 2.80. The van der Waals surface area contributed by atoms with E-state index in [2.05, 4.69) is 5.32 Å². The molecule has 0 saturated carbocycles. The highest BCUT2D eigenvalue weighted by molar-refractivity contribution is 5.75. The predicted octanol–water partition coefficient (Wildman–Crippen LogP) is 1.91. The van der Waals surface area contributed by atoms with Crippen molar-refractivity contribution in [1.82, 2.24) is 9.88 Å². The van der Waals surface area contributed by atoms with Crippen LogP contribution in [0.2, 0.25) is 0 Å². The Labute approximate surface area is 135 Å². The zero-order valence-electron chi connectivity index (χ0n) is 13.5. The zero-order chi connectivity index (χ0) is 16.7. The monoisotopic (exact) mass is 314 g/mol. The number of methoxy groups -OCH3 is 1. The van der Waals surface area contributed by atoms with Gasteiger partial charge in [0.2, 0.25) is 5.91 Å². The molecular weight excluding hydrogens is 292 g/mol. The molecule has 1 heterocycles. The molecule has 2 rings (SSSR count). The van der Waals surface area contributed by atoms with Crippen LogP contribution >= 0.6 is 0 Å². The molecule has 0 unspecified atom stereocenters. The van der Waals surface area contributed by atoms with Crippen LogP contribution in [0, 0.1) is 6.92 Å². The first kappa shape index (κ1) is 16.8. The number of amides is 1. The van der Waals surface area contributed by atoms with E-state index in [1.165, 1.54) is 6.07 Å². The second-order valence-electron chi connectivity index (χ2n) is 5.32. The van der Waals surface area contributed by atoms with Gasteiger partial charge in [-0.1, -0.05) is 24.3 Å². The molecule has 0 fully saturated rings. The average molecular weight is 314 g/mol. The molecule has 23 heavy (non-hydrogen) atoms. The van der Waals surface area contributed by atoms with Crippen LogP contribution in [0.5, 0.6) is 5.75 Å². The summed E-state index contributed by atoms with van der Waals surface area (Å²) in [5, 5.41) is 2.88. The molecule has 0 aliphatic carbocycles. The van der Waals surface area contributed by atoms with Gasteiger partial charge in [0.15, 0.2) is 0 Å². The lowest BCUT2D eigenvalue weighted by Gasteiger charge is -2.11. The van der Waals surface area contributed by atoms with Crippen molar-refractivity contribution in [3.8, 4) is 5.75 Å². The van der Waals surface area contributed by atoms with Gasteiger partial charge in [-0.25, -0.2) is 0 Å². The zero-order valence-corrected chi connectivity index (χ0v) is 13.5. The molecular formula is C18H22N2O3. The number of benzene rings is 1. The lowest BCUT2D eigenvalue weighted by molar-refractivity contribution is -0.121. The Morgan fingerprint density at radius 2 is 1.96 bits per heavy atom.